The van der Waals surface area contributed by atoms with Crippen molar-refractivity contribution in [2.45, 2.75) is 38.8 Å². The highest BCUT2D eigenvalue weighted by molar-refractivity contribution is 7.07. The van der Waals surface area contributed by atoms with Crippen LogP contribution in [0.5, 0.6) is 0 Å². The van der Waals surface area contributed by atoms with E-state index >= 15 is 0 Å². The van der Waals surface area contributed by atoms with Gasteiger partial charge in [0.2, 0.25) is 0 Å². The van der Waals surface area contributed by atoms with Crippen molar-refractivity contribution in [3.8, 4) is 0 Å². The normalized spacial score (nSPS) is 21.3. The fourth-order valence-corrected chi connectivity index (χ4v) is 4.44. The van der Waals surface area contributed by atoms with Gasteiger partial charge in [-0.3, -0.25) is 4.79 Å². The fourth-order valence-electron chi connectivity index (χ4n) is 3.78. The Morgan fingerprint density at radius 3 is 2.92 bits per heavy atom. The molecule has 1 N–H and O–H groups in total. The maximum absolute atomic E-state index is 13.1. The van der Waals surface area contributed by atoms with Crippen LogP contribution in [0.15, 0.2) is 27.6 Å². The van der Waals surface area contributed by atoms with E-state index in [9.17, 15) is 4.79 Å². The summed E-state index contributed by atoms with van der Waals surface area (Å²) in [6, 6.07) is 2.42. The molecule has 24 heavy (non-hydrogen) atoms. The van der Waals surface area contributed by atoms with Gasteiger partial charge in [0.1, 0.15) is 5.76 Å². The van der Waals surface area contributed by atoms with Crippen molar-refractivity contribution in [3.63, 3.8) is 0 Å². The lowest BCUT2D eigenvalue weighted by atomic mass is 9.93. The highest BCUT2D eigenvalue weighted by Gasteiger charge is 2.58. The van der Waals surface area contributed by atoms with Gasteiger partial charge in [0.05, 0.1) is 0 Å². The molecular formula is C17H22ClN3O2S. The number of carbonyl (C=O) groups excluding carboxylic acids is 1. The number of aryl methyl sites for hydroxylation is 1. The van der Waals surface area contributed by atoms with Gasteiger partial charge in [-0.15, -0.1) is 12.4 Å². The topological polar surface area (TPSA) is 58.4 Å². The van der Waals surface area contributed by atoms with E-state index in [-0.39, 0.29) is 18.3 Å². The van der Waals surface area contributed by atoms with Crippen LogP contribution in [0.1, 0.15) is 41.1 Å². The number of hydrogen-bond acceptors (Lipinski definition) is 5. The number of piperidine rings is 1. The van der Waals surface area contributed by atoms with Crippen molar-refractivity contribution in [2.75, 3.05) is 13.1 Å². The van der Waals surface area contributed by atoms with Crippen LogP contribution in [-0.2, 0) is 6.54 Å². The summed E-state index contributed by atoms with van der Waals surface area (Å²) in [6.07, 6.45) is 4.78. The van der Waals surface area contributed by atoms with Gasteiger partial charge >= 0.3 is 0 Å². The molecule has 1 saturated heterocycles. The summed E-state index contributed by atoms with van der Waals surface area (Å²) in [4.78, 5) is 19.2. The van der Waals surface area contributed by atoms with E-state index < -0.39 is 0 Å². The zero-order valence-corrected chi connectivity index (χ0v) is 15.3. The molecule has 5 nitrogen and oxygen atoms in total. The van der Waals surface area contributed by atoms with E-state index in [1.807, 2.05) is 4.90 Å². The summed E-state index contributed by atoms with van der Waals surface area (Å²) in [7, 11) is 0. The molecule has 1 unspecified atom stereocenters. The number of amides is 1. The largest absolute Gasteiger partial charge is 0.448 e. The molecule has 1 amide bonds. The Bertz CT molecular complexity index is 695. The lowest BCUT2D eigenvalue weighted by molar-refractivity contribution is 0.0685. The zero-order valence-electron chi connectivity index (χ0n) is 13.7. The fraction of sp³-hybridized carbons (Fsp3) is 0.529. The summed E-state index contributed by atoms with van der Waals surface area (Å²) >= 11 is 1.67. The minimum atomic E-state index is 0. The van der Waals surface area contributed by atoms with Crippen molar-refractivity contribution in [2.24, 2.45) is 5.41 Å². The Labute approximate surface area is 151 Å². The predicted molar refractivity (Wildman–Crippen MR) is 95.6 cm³/mol. The quantitative estimate of drug-likeness (QED) is 0.901. The van der Waals surface area contributed by atoms with Gasteiger partial charge in [-0.2, -0.15) is 11.3 Å². The summed E-state index contributed by atoms with van der Waals surface area (Å²) in [5, 5.41) is 7.60. The maximum atomic E-state index is 13.1. The van der Waals surface area contributed by atoms with Gasteiger partial charge in [0.15, 0.2) is 12.1 Å². The highest BCUT2D eigenvalue weighted by Crippen LogP contribution is 2.56. The van der Waals surface area contributed by atoms with Crippen LogP contribution in [0.2, 0.25) is 0 Å². The standard InChI is InChI=1S/C17H21N3O2S.ClH/c1-12-15(19-11-22-12)16(21)20(9-13-2-7-23-10-13)14-8-17(14)3-5-18-6-4-17;/h2,7,10-11,14,18H,3-6,8-9H2,1H3;1H. The minimum Gasteiger partial charge on any atom is -0.448 e. The number of hydrogen-bond donors (Lipinski definition) is 1. The van der Waals surface area contributed by atoms with Crippen LogP contribution in [0.25, 0.3) is 0 Å². The average Bonchev–Trinajstić information content (AvgIpc) is 2.97. The molecule has 1 aliphatic heterocycles. The second kappa shape index (κ2) is 6.86. The van der Waals surface area contributed by atoms with E-state index in [2.05, 4.69) is 27.1 Å². The smallest absolute Gasteiger partial charge is 0.276 e. The van der Waals surface area contributed by atoms with Crippen molar-refractivity contribution >= 4 is 29.7 Å². The summed E-state index contributed by atoms with van der Waals surface area (Å²) < 4.78 is 5.24. The SMILES string of the molecule is Cc1ocnc1C(=O)N(Cc1ccsc1)C1CC12CCNCC2.Cl. The van der Waals surface area contributed by atoms with Crippen molar-refractivity contribution in [1.29, 1.82) is 0 Å². The van der Waals surface area contributed by atoms with Gasteiger partial charge in [-0.05, 0) is 67.1 Å². The molecule has 1 aliphatic carbocycles. The molecule has 2 aromatic heterocycles. The first kappa shape index (κ1) is 17.5. The maximum Gasteiger partial charge on any atom is 0.276 e. The third-order valence-corrected chi connectivity index (χ3v) is 6.00. The average molecular weight is 368 g/mol. The molecule has 0 radical (unpaired) electrons. The van der Waals surface area contributed by atoms with Crippen molar-refractivity contribution in [3.05, 3.63) is 40.2 Å². The van der Waals surface area contributed by atoms with Crippen molar-refractivity contribution in [1.82, 2.24) is 15.2 Å². The van der Waals surface area contributed by atoms with Crippen LogP contribution in [0, 0.1) is 12.3 Å². The van der Waals surface area contributed by atoms with Crippen LogP contribution in [0.3, 0.4) is 0 Å². The third kappa shape index (κ3) is 3.10. The number of carbonyl (C=O) groups is 1. The molecule has 130 valence electrons. The van der Waals surface area contributed by atoms with Gasteiger partial charge in [0.25, 0.3) is 5.91 Å². The molecule has 2 aliphatic rings. The first-order valence-electron chi connectivity index (χ1n) is 8.12. The number of halogens is 1. The number of oxazole rings is 1. The second-order valence-corrected chi connectivity index (χ2v) is 7.43. The summed E-state index contributed by atoms with van der Waals surface area (Å²) in [6.45, 7) is 4.57. The Balaban J connectivity index is 0.00000169. The lowest BCUT2D eigenvalue weighted by Gasteiger charge is -2.29. The van der Waals surface area contributed by atoms with Gasteiger partial charge in [0, 0.05) is 12.6 Å². The Morgan fingerprint density at radius 2 is 2.29 bits per heavy atom. The molecule has 2 aromatic rings. The molecule has 1 spiro atoms. The molecule has 4 rings (SSSR count). The molecule has 2 fully saturated rings. The molecule has 0 aromatic carbocycles. The van der Waals surface area contributed by atoms with Gasteiger partial charge in [-0.25, -0.2) is 4.98 Å². The number of thiophene rings is 1. The molecule has 0 bridgehead atoms. The molecule has 1 atom stereocenters. The molecular weight excluding hydrogens is 346 g/mol. The van der Waals surface area contributed by atoms with Crippen molar-refractivity contribution < 1.29 is 9.21 Å². The van der Waals surface area contributed by atoms with Crippen LogP contribution in [-0.4, -0.2) is 34.9 Å². The number of nitrogens with zero attached hydrogens (tertiary/aromatic N) is 2. The van der Waals surface area contributed by atoms with E-state index in [0.717, 1.165) is 32.4 Å². The monoisotopic (exact) mass is 367 g/mol. The van der Waals surface area contributed by atoms with Crippen LogP contribution in [0.4, 0.5) is 0 Å². The summed E-state index contributed by atoms with van der Waals surface area (Å²) in [5.74, 6) is 0.605. The number of nitrogens with one attached hydrogen (secondary N) is 1. The Hall–Kier alpha value is -1.37. The number of rotatable bonds is 4. The Morgan fingerprint density at radius 1 is 1.50 bits per heavy atom. The van der Waals surface area contributed by atoms with E-state index in [4.69, 9.17) is 4.42 Å². The van der Waals surface area contributed by atoms with Gasteiger partial charge < -0.3 is 14.6 Å². The summed E-state index contributed by atoms with van der Waals surface area (Å²) in [5.41, 5.74) is 1.96. The zero-order chi connectivity index (χ0) is 15.9. The highest BCUT2D eigenvalue weighted by atomic mass is 35.5. The molecule has 1 saturated carbocycles. The van der Waals surface area contributed by atoms with Gasteiger partial charge in [-0.1, -0.05) is 0 Å². The van der Waals surface area contributed by atoms with Crippen LogP contribution < -0.4 is 5.32 Å². The Kier molecular flexibility index (Phi) is 4.99. The second-order valence-electron chi connectivity index (χ2n) is 6.65. The molecule has 7 heteroatoms. The van der Waals surface area contributed by atoms with E-state index in [1.54, 1.807) is 18.3 Å². The van der Waals surface area contributed by atoms with E-state index in [0.29, 0.717) is 29.5 Å². The minimum absolute atomic E-state index is 0. The number of aromatic nitrogens is 1. The lowest BCUT2D eigenvalue weighted by Crippen LogP contribution is -2.39. The van der Waals surface area contributed by atoms with Crippen LogP contribution >= 0.6 is 23.7 Å². The first-order chi connectivity index (χ1) is 11.2. The predicted octanol–water partition coefficient (Wildman–Crippen LogP) is 3.25. The third-order valence-electron chi connectivity index (χ3n) is 5.26. The molecule has 3 heterocycles. The first-order valence-corrected chi connectivity index (χ1v) is 9.07. The van der Waals surface area contributed by atoms with E-state index in [1.165, 1.54) is 12.0 Å².